The summed E-state index contributed by atoms with van der Waals surface area (Å²) in [6.45, 7) is 0.287. The van der Waals surface area contributed by atoms with Crippen LogP contribution in [0.4, 0.5) is 0 Å². The molecule has 0 aliphatic rings. The van der Waals surface area contributed by atoms with E-state index < -0.39 is 0 Å². The molecular formula is C13H17NO. The zero-order valence-electron chi connectivity index (χ0n) is 8.76. The van der Waals surface area contributed by atoms with E-state index in [1.54, 1.807) is 0 Å². The van der Waals surface area contributed by atoms with Crippen molar-refractivity contribution in [2.24, 2.45) is 0 Å². The first-order valence-electron chi connectivity index (χ1n) is 5.16. The molecule has 80 valence electrons. The molecular weight excluding hydrogens is 186 g/mol. The molecule has 15 heavy (non-hydrogen) atoms. The second-order valence-electron chi connectivity index (χ2n) is 3.20. The Kier molecular flexibility index (Phi) is 6.02. The van der Waals surface area contributed by atoms with E-state index in [-0.39, 0.29) is 6.61 Å². The monoisotopic (exact) mass is 203 g/mol. The standard InChI is InChI=1S/C9H12O.C4H5N/c10-8-4-7-9-5-2-1-3-6-9;1-2-4-5-3-1/h1-3,5-6,10H,4,7-8H2;1-5H. The summed E-state index contributed by atoms with van der Waals surface area (Å²) in [6, 6.07) is 14.1. The average molecular weight is 203 g/mol. The Labute approximate surface area is 90.6 Å². The number of nitrogens with one attached hydrogen (secondary N) is 1. The van der Waals surface area contributed by atoms with Gasteiger partial charge in [0.05, 0.1) is 0 Å². The van der Waals surface area contributed by atoms with Gasteiger partial charge in [0.15, 0.2) is 0 Å². The van der Waals surface area contributed by atoms with Crippen LogP contribution in [0.15, 0.2) is 54.9 Å². The van der Waals surface area contributed by atoms with Gasteiger partial charge < -0.3 is 10.1 Å². The maximum atomic E-state index is 8.53. The van der Waals surface area contributed by atoms with Crippen molar-refractivity contribution >= 4 is 0 Å². The summed E-state index contributed by atoms with van der Waals surface area (Å²) in [7, 11) is 0. The highest BCUT2D eigenvalue weighted by atomic mass is 16.2. The Morgan fingerprint density at radius 3 is 2.07 bits per heavy atom. The summed E-state index contributed by atoms with van der Waals surface area (Å²) in [5.74, 6) is 0. The summed E-state index contributed by atoms with van der Waals surface area (Å²) >= 11 is 0. The molecule has 0 atom stereocenters. The lowest BCUT2D eigenvalue weighted by atomic mass is 10.1. The topological polar surface area (TPSA) is 36.0 Å². The maximum absolute atomic E-state index is 8.53. The molecule has 0 saturated carbocycles. The van der Waals surface area contributed by atoms with Gasteiger partial charge in [-0.3, -0.25) is 0 Å². The molecule has 0 spiro atoms. The molecule has 0 radical (unpaired) electrons. The second kappa shape index (κ2) is 7.83. The predicted molar refractivity (Wildman–Crippen MR) is 62.6 cm³/mol. The molecule has 2 nitrogen and oxygen atoms in total. The number of aliphatic hydroxyl groups excluding tert-OH is 1. The fourth-order valence-electron chi connectivity index (χ4n) is 1.21. The van der Waals surface area contributed by atoms with Gasteiger partial charge in [0, 0.05) is 19.0 Å². The van der Waals surface area contributed by atoms with Crippen molar-refractivity contribution in [3.8, 4) is 0 Å². The average Bonchev–Trinajstić information content (AvgIpc) is 2.86. The lowest BCUT2D eigenvalue weighted by molar-refractivity contribution is 0.288. The number of aliphatic hydroxyl groups is 1. The minimum absolute atomic E-state index is 0.287. The zero-order chi connectivity index (χ0) is 10.8. The fraction of sp³-hybridized carbons (Fsp3) is 0.231. The molecule has 2 N–H and O–H groups in total. The first-order valence-corrected chi connectivity index (χ1v) is 5.16. The van der Waals surface area contributed by atoms with Crippen LogP contribution in [0.2, 0.25) is 0 Å². The molecule has 1 aromatic heterocycles. The summed E-state index contributed by atoms with van der Waals surface area (Å²) in [4.78, 5) is 2.86. The third-order valence-electron chi connectivity index (χ3n) is 1.96. The van der Waals surface area contributed by atoms with Gasteiger partial charge in [0.2, 0.25) is 0 Å². The molecule has 0 amide bonds. The largest absolute Gasteiger partial charge is 0.396 e. The Morgan fingerprint density at radius 1 is 0.933 bits per heavy atom. The van der Waals surface area contributed by atoms with Gasteiger partial charge in [0.1, 0.15) is 0 Å². The summed E-state index contributed by atoms with van der Waals surface area (Å²) in [5.41, 5.74) is 1.30. The van der Waals surface area contributed by atoms with Gasteiger partial charge in [-0.2, -0.15) is 0 Å². The van der Waals surface area contributed by atoms with Gasteiger partial charge in [-0.15, -0.1) is 0 Å². The number of benzene rings is 1. The van der Waals surface area contributed by atoms with Gasteiger partial charge in [-0.05, 0) is 30.5 Å². The van der Waals surface area contributed by atoms with Crippen molar-refractivity contribution < 1.29 is 5.11 Å². The van der Waals surface area contributed by atoms with Crippen LogP contribution in [0, 0.1) is 0 Å². The number of hydrogen-bond acceptors (Lipinski definition) is 1. The molecule has 1 heterocycles. The first kappa shape index (κ1) is 11.5. The molecule has 2 rings (SSSR count). The van der Waals surface area contributed by atoms with Crippen molar-refractivity contribution in [2.75, 3.05) is 6.61 Å². The molecule has 0 aliphatic carbocycles. The number of H-pyrrole nitrogens is 1. The van der Waals surface area contributed by atoms with E-state index in [1.807, 2.05) is 42.7 Å². The minimum atomic E-state index is 0.287. The van der Waals surface area contributed by atoms with E-state index in [0.29, 0.717) is 0 Å². The molecule has 0 unspecified atom stereocenters. The summed E-state index contributed by atoms with van der Waals surface area (Å²) in [6.07, 6.45) is 5.60. The van der Waals surface area contributed by atoms with Gasteiger partial charge >= 0.3 is 0 Å². The van der Waals surface area contributed by atoms with Crippen LogP contribution in [-0.4, -0.2) is 16.7 Å². The molecule has 2 aromatic rings. The molecule has 0 fully saturated rings. The second-order valence-corrected chi connectivity index (χ2v) is 3.20. The van der Waals surface area contributed by atoms with Gasteiger partial charge in [-0.25, -0.2) is 0 Å². The lowest BCUT2D eigenvalue weighted by Gasteiger charge is -1.96. The number of aromatic nitrogens is 1. The smallest absolute Gasteiger partial charge is 0.0434 e. The van der Waals surface area contributed by atoms with Crippen molar-refractivity contribution in [1.29, 1.82) is 0 Å². The van der Waals surface area contributed by atoms with Crippen molar-refractivity contribution in [3.63, 3.8) is 0 Å². The minimum Gasteiger partial charge on any atom is -0.396 e. The van der Waals surface area contributed by atoms with E-state index in [0.717, 1.165) is 12.8 Å². The SMILES string of the molecule is OCCCc1ccccc1.c1cc[nH]c1. The Morgan fingerprint density at radius 2 is 1.60 bits per heavy atom. The van der Waals surface area contributed by atoms with Crippen LogP contribution in [0.25, 0.3) is 0 Å². The molecule has 1 aromatic carbocycles. The molecule has 0 aliphatic heterocycles. The van der Waals surface area contributed by atoms with Crippen LogP contribution in [0.1, 0.15) is 12.0 Å². The summed E-state index contributed by atoms with van der Waals surface area (Å²) in [5, 5.41) is 8.53. The highest BCUT2D eigenvalue weighted by Crippen LogP contribution is 2.00. The molecule has 0 bridgehead atoms. The van der Waals surface area contributed by atoms with Crippen LogP contribution in [0.5, 0.6) is 0 Å². The van der Waals surface area contributed by atoms with E-state index in [2.05, 4.69) is 17.1 Å². The van der Waals surface area contributed by atoms with Gasteiger partial charge in [0.25, 0.3) is 0 Å². The van der Waals surface area contributed by atoms with Crippen molar-refractivity contribution in [2.45, 2.75) is 12.8 Å². The van der Waals surface area contributed by atoms with Crippen LogP contribution in [-0.2, 0) is 6.42 Å². The van der Waals surface area contributed by atoms with E-state index in [9.17, 15) is 0 Å². The first-order chi connectivity index (χ1) is 7.43. The van der Waals surface area contributed by atoms with Crippen LogP contribution >= 0.6 is 0 Å². The van der Waals surface area contributed by atoms with E-state index in [1.165, 1.54) is 5.56 Å². The van der Waals surface area contributed by atoms with Gasteiger partial charge in [-0.1, -0.05) is 30.3 Å². The zero-order valence-corrected chi connectivity index (χ0v) is 8.76. The number of aryl methyl sites for hydroxylation is 1. The number of hydrogen-bond donors (Lipinski definition) is 2. The van der Waals surface area contributed by atoms with Crippen LogP contribution < -0.4 is 0 Å². The van der Waals surface area contributed by atoms with Crippen LogP contribution in [0.3, 0.4) is 0 Å². The van der Waals surface area contributed by atoms with Crippen molar-refractivity contribution in [1.82, 2.24) is 4.98 Å². The highest BCUT2D eigenvalue weighted by Gasteiger charge is 1.87. The normalized spacial score (nSPS) is 9.13. The lowest BCUT2D eigenvalue weighted by Crippen LogP contribution is -1.87. The Balaban J connectivity index is 0.000000187. The molecule has 2 heteroatoms. The highest BCUT2D eigenvalue weighted by molar-refractivity contribution is 5.14. The Bertz CT molecular complexity index is 298. The Hall–Kier alpha value is -1.54. The quantitative estimate of drug-likeness (QED) is 0.790. The fourth-order valence-corrected chi connectivity index (χ4v) is 1.21. The third-order valence-corrected chi connectivity index (χ3v) is 1.96. The molecule has 0 saturated heterocycles. The third kappa shape index (κ3) is 5.70. The van der Waals surface area contributed by atoms with Crippen molar-refractivity contribution in [3.05, 3.63) is 60.4 Å². The maximum Gasteiger partial charge on any atom is 0.0434 e. The predicted octanol–water partition coefficient (Wildman–Crippen LogP) is 2.63. The van der Waals surface area contributed by atoms with E-state index in [4.69, 9.17) is 5.11 Å². The summed E-state index contributed by atoms with van der Waals surface area (Å²) < 4.78 is 0. The number of aromatic amines is 1. The van der Waals surface area contributed by atoms with E-state index >= 15 is 0 Å². The number of rotatable bonds is 3.